The van der Waals surface area contributed by atoms with Gasteiger partial charge in [0.15, 0.2) is 0 Å². The van der Waals surface area contributed by atoms with Gasteiger partial charge in [-0.15, -0.1) is 0 Å². The molecule has 41 valence electrons. The normalized spacial score (nSPS) is 5.00. The second-order valence-corrected chi connectivity index (χ2v) is 0.338. The Morgan fingerprint density at radius 1 is 1.67 bits per heavy atom. The number of amides is 1. The van der Waals surface area contributed by atoms with Crippen molar-refractivity contribution >= 4 is 6.09 Å². The van der Waals surface area contributed by atoms with E-state index in [2.05, 4.69) is 5.73 Å². The van der Waals surface area contributed by atoms with E-state index in [1.165, 1.54) is 0 Å². The molecule has 0 bridgehead atoms. The zero-order chi connectivity index (χ0) is 5.58. The zero-order valence-electron chi connectivity index (χ0n) is 2.64. The summed E-state index contributed by atoms with van der Waals surface area (Å²) in [7, 11) is 0. The summed E-state index contributed by atoms with van der Waals surface area (Å²) in [5, 5.41) is 7.19. The Morgan fingerprint density at radius 2 is 1.67 bits per heavy atom. The van der Waals surface area contributed by atoms with Crippen LogP contribution in [-0.4, -0.2) is 11.2 Å². The van der Waals surface area contributed by atoms with Crippen molar-refractivity contribution in [3.63, 3.8) is 0 Å². The Bertz CT molecular complexity index is 42.1. The van der Waals surface area contributed by atoms with Gasteiger partial charge in [0.25, 0.3) is 0 Å². The van der Waals surface area contributed by atoms with Gasteiger partial charge < -0.3 is 10.8 Å². The minimum atomic E-state index is -1.33. The first-order valence-corrected chi connectivity index (χ1v) is 1.44. The summed E-state index contributed by atoms with van der Waals surface area (Å²) in [6, 6.07) is 0. The van der Waals surface area contributed by atoms with Gasteiger partial charge in [-0.25, -0.2) is 4.79 Å². The van der Waals surface area contributed by atoms with Crippen LogP contribution in [0.5, 0.6) is 0 Å². The second kappa shape index (κ2) is 8.84. The summed E-state index contributed by atoms with van der Waals surface area (Å²) in [6.07, 6.45) is -1.33. The number of hydrogen-bond donors (Lipinski definition) is 2. The van der Waals surface area contributed by atoms with Gasteiger partial charge in [0.1, 0.15) is 0 Å². The van der Waals surface area contributed by atoms with E-state index >= 15 is 0 Å². The molecule has 0 spiro atoms. The molecule has 0 atom stereocenters. The molecule has 0 saturated heterocycles. The van der Waals surface area contributed by atoms with Crippen LogP contribution in [0.3, 0.4) is 0 Å². The van der Waals surface area contributed by atoms with E-state index in [4.69, 9.17) is 13.2 Å². The van der Waals surface area contributed by atoms with Crippen molar-refractivity contribution in [3.05, 3.63) is 0 Å². The molecule has 0 fully saturated rings. The Balaban J connectivity index is 0. The van der Waals surface area contributed by atoms with E-state index < -0.39 is 6.09 Å². The van der Waals surface area contributed by atoms with Crippen molar-refractivity contribution in [3.8, 4) is 0 Å². The van der Waals surface area contributed by atoms with Crippen LogP contribution in [0.25, 0.3) is 0 Å². The van der Waals surface area contributed by atoms with E-state index in [1.807, 2.05) is 0 Å². The van der Waals surface area contributed by atoms with E-state index in [0.717, 1.165) is 0 Å². The quantitative estimate of drug-likeness (QED) is 0.499. The van der Waals surface area contributed by atoms with Crippen molar-refractivity contribution in [2.24, 2.45) is 5.73 Å². The molecule has 4 nitrogen and oxygen atoms in total. The fourth-order valence-corrected chi connectivity index (χ4v) is 0. The van der Waals surface area contributed by atoms with Crippen LogP contribution in [0.4, 0.5) is 4.79 Å². The molecule has 3 N–H and O–H groups in total. The van der Waals surface area contributed by atoms with Crippen molar-refractivity contribution < 1.29 is 34.2 Å². The third-order valence-electron chi connectivity index (χ3n) is 0. The van der Waals surface area contributed by atoms with Gasteiger partial charge in [0, 0.05) is 0 Å². The summed E-state index contributed by atoms with van der Waals surface area (Å²) in [6.45, 7) is 0. The molecule has 5 heteroatoms. The molecule has 0 unspecified atom stereocenters. The van der Waals surface area contributed by atoms with Crippen LogP contribution in [0, 0.1) is 0 Å². The first-order valence-electron chi connectivity index (χ1n) is 0.839. The van der Waals surface area contributed by atoms with E-state index in [0.29, 0.717) is 0 Å². The molecule has 0 aromatic heterocycles. The van der Waals surface area contributed by atoms with Crippen LogP contribution in [0.1, 0.15) is 0 Å². The molecule has 0 aliphatic rings. The van der Waals surface area contributed by atoms with Crippen LogP contribution in [0.15, 0.2) is 0 Å². The fraction of sp³-hybridized carbons (Fsp3) is 0. The fourth-order valence-electron chi connectivity index (χ4n) is 0. The second-order valence-electron chi connectivity index (χ2n) is 0.338. The standard InChI is InChI=1S/CH3NO2.Ag.O/c2-1(3)4;;/h2H2,(H,3,4);;. The average Bonchev–Trinajstić information content (AvgIpc) is 1.41. The van der Waals surface area contributed by atoms with Gasteiger partial charge in [-0.2, -0.15) is 0 Å². The first kappa shape index (κ1) is 9.26. The average molecular weight is 185 g/mol. The van der Waals surface area contributed by atoms with Crippen LogP contribution < -0.4 is 5.73 Å². The third kappa shape index (κ3) is 836. The molecule has 0 heterocycles. The van der Waals surface area contributed by atoms with Crippen LogP contribution in [-0.2, 0) is 24.3 Å². The van der Waals surface area contributed by atoms with Crippen molar-refractivity contribution in [1.29, 1.82) is 0 Å². The number of rotatable bonds is 0. The molecule has 0 radical (unpaired) electrons. The summed E-state index contributed by atoms with van der Waals surface area (Å²) < 4.78 is 8.06. The molecule has 0 aromatic rings. The van der Waals surface area contributed by atoms with Gasteiger partial charge in [0.05, 0.1) is 0 Å². The molecule has 0 aromatic carbocycles. The zero-order valence-corrected chi connectivity index (χ0v) is 4.12. The van der Waals surface area contributed by atoms with E-state index in [1.54, 1.807) is 21.0 Å². The Kier molecular flexibility index (Phi) is 13.6. The summed E-state index contributed by atoms with van der Waals surface area (Å²) in [4.78, 5) is 8.78. The molecular formula is CH3AgNO3. The molecule has 0 aliphatic heterocycles. The molecule has 1 amide bonds. The monoisotopic (exact) mass is 184 g/mol. The molecule has 0 rings (SSSR count). The maximum atomic E-state index is 8.78. The summed E-state index contributed by atoms with van der Waals surface area (Å²) in [5.74, 6) is 0. The predicted molar refractivity (Wildman–Crippen MR) is 12.9 cm³/mol. The van der Waals surface area contributed by atoms with Crippen LogP contribution >= 0.6 is 0 Å². The SMILES string of the molecule is NC(=O)O.[O]=[Ag]. The van der Waals surface area contributed by atoms with Gasteiger partial charge in [0.2, 0.25) is 0 Å². The van der Waals surface area contributed by atoms with Gasteiger partial charge >= 0.3 is 30.4 Å². The number of hydrogen-bond acceptors (Lipinski definition) is 2. The first-order chi connectivity index (χ1) is 2.73. The number of carbonyl (C=O) groups is 1. The van der Waals surface area contributed by atoms with Crippen molar-refractivity contribution in [2.75, 3.05) is 0 Å². The van der Waals surface area contributed by atoms with Gasteiger partial charge in [-0.05, 0) is 0 Å². The molecule has 0 saturated carbocycles. The Morgan fingerprint density at radius 3 is 1.67 bits per heavy atom. The van der Waals surface area contributed by atoms with E-state index in [-0.39, 0.29) is 0 Å². The predicted octanol–water partition coefficient (Wildman–Crippen LogP) is -0.498. The number of carboxylic acid groups (broad SMARTS) is 1. The maximum absolute atomic E-state index is 8.78. The van der Waals surface area contributed by atoms with Gasteiger partial charge in [-0.1, -0.05) is 0 Å². The van der Waals surface area contributed by atoms with Crippen LogP contribution in [0.2, 0.25) is 0 Å². The topological polar surface area (TPSA) is 80.4 Å². The number of nitrogens with two attached hydrogens (primary N) is 1. The molecular weight excluding hydrogens is 182 g/mol. The molecule has 6 heavy (non-hydrogen) atoms. The van der Waals surface area contributed by atoms with Crippen molar-refractivity contribution in [1.82, 2.24) is 0 Å². The minimum absolute atomic E-state index is 1.33. The third-order valence-corrected chi connectivity index (χ3v) is 0. The summed E-state index contributed by atoms with van der Waals surface area (Å²) >= 11 is 1.70. The molecule has 0 aliphatic carbocycles. The Labute approximate surface area is 46.6 Å². The summed E-state index contributed by atoms with van der Waals surface area (Å²) in [5.41, 5.74) is 4.03. The van der Waals surface area contributed by atoms with Gasteiger partial charge in [-0.3, -0.25) is 0 Å². The van der Waals surface area contributed by atoms with Crippen molar-refractivity contribution in [2.45, 2.75) is 0 Å². The van der Waals surface area contributed by atoms with E-state index in [9.17, 15) is 0 Å². The Hall–Kier alpha value is -0.190. The number of primary amides is 1.